The lowest BCUT2D eigenvalue weighted by atomic mass is 10.2. The predicted octanol–water partition coefficient (Wildman–Crippen LogP) is 3.05. The maximum Gasteiger partial charge on any atom is 0.259 e. The Kier molecular flexibility index (Phi) is 5.53. The van der Waals surface area contributed by atoms with Crippen LogP contribution in [-0.2, 0) is 9.53 Å². The van der Waals surface area contributed by atoms with Crippen molar-refractivity contribution in [1.29, 1.82) is 0 Å². The second-order valence-corrected chi connectivity index (χ2v) is 7.09. The first-order valence-electron chi connectivity index (χ1n) is 9.74. The molecule has 0 spiro atoms. The van der Waals surface area contributed by atoms with Gasteiger partial charge < -0.3 is 20.3 Å². The minimum absolute atomic E-state index is 0.125. The second kappa shape index (κ2) is 8.39. The number of nitrogens with zero attached hydrogens (tertiary/aromatic N) is 2. The zero-order valence-corrected chi connectivity index (χ0v) is 15.7. The molecular formula is C21H24N4O3. The maximum absolute atomic E-state index is 12.8. The topological polar surface area (TPSA) is 83.6 Å². The van der Waals surface area contributed by atoms with Crippen molar-refractivity contribution in [2.75, 3.05) is 35.2 Å². The first-order valence-corrected chi connectivity index (χ1v) is 9.74. The Bertz CT molecular complexity index is 841. The molecule has 0 aliphatic carbocycles. The number of rotatable bonds is 5. The maximum atomic E-state index is 12.8. The van der Waals surface area contributed by atoms with Crippen LogP contribution in [-0.4, -0.2) is 42.6 Å². The van der Waals surface area contributed by atoms with E-state index in [1.165, 1.54) is 0 Å². The van der Waals surface area contributed by atoms with E-state index < -0.39 is 0 Å². The molecule has 1 aromatic carbocycles. The van der Waals surface area contributed by atoms with E-state index in [1.54, 1.807) is 42.6 Å². The lowest BCUT2D eigenvalue weighted by molar-refractivity contribution is -0.124. The molecule has 2 aromatic rings. The minimum Gasteiger partial charge on any atom is -0.368 e. The highest BCUT2D eigenvalue weighted by atomic mass is 16.5. The van der Waals surface area contributed by atoms with Crippen LogP contribution in [0.2, 0.25) is 0 Å². The third-order valence-electron chi connectivity index (χ3n) is 5.07. The van der Waals surface area contributed by atoms with Gasteiger partial charge in [0, 0.05) is 37.3 Å². The summed E-state index contributed by atoms with van der Waals surface area (Å²) in [5.41, 5.74) is 1.91. The van der Waals surface area contributed by atoms with Gasteiger partial charge in [0.2, 0.25) is 0 Å². The molecule has 1 atom stereocenters. The highest BCUT2D eigenvalue weighted by Crippen LogP contribution is 2.23. The van der Waals surface area contributed by atoms with Crippen molar-refractivity contribution in [2.24, 2.45) is 0 Å². The van der Waals surface area contributed by atoms with E-state index >= 15 is 0 Å². The molecule has 0 saturated carbocycles. The first-order chi connectivity index (χ1) is 13.7. The number of aromatic nitrogens is 1. The zero-order chi connectivity index (χ0) is 19.3. The quantitative estimate of drug-likeness (QED) is 0.833. The van der Waals surface area contributed by atoms with Crippen molar-refractivity contribution >= 4 is 29.0 Å². The van der Waals surface area contributed by atoms with Crippen molar-refractivity contribution in [3.05, 3.63) is 48.2 Å². The molecule has 0 bridgehead atoms. The van der Waals surface area contributed by atoms with Gasteiger partial charge in [-0.3, -0.25) is 9.59 Å². The van der Waals surface area contributed by atoms with Crippen molar-refractivity contribution in [2.45, 2.75) is 31.8 Å². The molecule has 2 aliphatic rings. The zero-order valence-electron chi connectivity index (χ0n) is 15.7. The number of carbonyl (C=O) groups is 2. The molecule has 7 heteroatoms. The van der Waals surface area contributed by atoms with Gasteiger partial charge in [-0.2, -0.15) is 0 Å². The molecule has 1 aromatic heterocycles. The average molecular weight is 380 g/mol. The van der Waals surface area contributed by atoms with Gasteiger partial charge in [-0.15, -0.1) is 0 Å². The Labute approximate surface area is 164 Å². The number of amides is 2. The fourth-order valence-corrected chi connectivity index (χ4v) is 3.60. The Hall–Kier alpha value is -2.93. The van der Waals surface area contributed by atoms with E-state index in [9.17, 15) is 9.59 Å². The van der Waals surface area contributed by atoms with E-state index in [2.05, 4.69) is 20.5 Å². The van der Waals surface area contributed by atoms with E-state index in [0.29, 0.717) is 23.5 Å². The van der Waals surface area contributed by atoms with Crippen LogP contribution in [0.1, 0.15) is 36.0 Å². The van der Waals surface area contributed by atoms with Gasteiger partial charge in [0.25, 0.3) is 11.8 Å². The highest BCUT2D eigenvalue weighted by Gasteiger charge is 2.23. The minimum atomic E-state index is -0.367. The standard InChI is InChI=1S/C21H24N4O3/c26-20(17-5-3-11-22-19(17)25-12-1-2-13-25)23-15-7-9-16(10-8-15)24-21(27)18-6-4-14-28-18/h3,5,7-11,18H,1-2,4,6,12-14H2,(H,23,26)(H,24,27). The molecule has 2 aliphatic heterocycles. The van der Waals surface area contributed by atoms with Gasteiger partial charge in [-0.25, -0.2) is 4.98 Å². The number of nitrogens with one attached hydrogen (secondary N) is 2. The molecule has 7 nitrogen and oxygen atoms in total. The summed E-state index contributed by atoms with van der Waals surface area (Å²) in [5, 5.41) is 5.76. The number of pyridine rings is 1. The summed E-state index contributed by atoms with van der Waals surface area (Å²) < 4.78 is 5.39. The summed E-state index contributed by atoms with van der Waals surface area (Å²) in [5.74, 6) is 0.420. The lowest BCUT2D eigenvalue weighted by Gasteiger charge is -2.19. The van der Waals surface area contributed by atoms with E-state index in [1.807, 2.05) is 0 Å². The van der Waals surface area contributed by atoms with Crippen molar-refractivity contribution in [3.8, 4) is 0 Å². The number of anilines is 3. The van der Waals surface area contributed by atoms with E-state index in [-0.39, 0.29) is 17.9 Å². The summed E-state index contributed by atoms with van der Waals surface area (Å²) >= 11 is 0. The van der Waals surface area contributed by atoms with Gasteiger partial charge in [0.05, 0.1) is 5.56 Å². The van der Waals surface area contributed by atoms with Crippen LogP contribution >= 0.6 is 0 Å². The number of carbonyl (C=O) groups excluding carboxylic acids is 2. The molecule has 4 rings (SSSR count). The van der Waals surface area contributed by atoms with Crippen LogP contribution in [0.4, 0.5) is 17.2 Å². The summed E-state index contributed by atoms with van der Waals surface area (Å²) in [6.07, 6.45) is 5.26. The van der Waals surface area contributed by atoms with E-state index in [0.717, 1.165) is 44.6 Å². The lowest BCUT2D eigenvalue weighted by Crippen LogP contribution is -2.26. The van der Waals surface area contributed by atoms with Crippen LogP contribution in [0.25, 0.3) is 0 Å². The predicted molar refractivity (Wildman–Crippen MR) is 108 cm³/mol. The first kappa shape index (κ1) is 18.4. The van der Waals surface area contributed by atoms with Gasteiger partial charge in [0.15, 0.2) is 0 Å². The van der Waals surface area contributed by atoms with Crippen LogP contribution in [0.3, 0.4) is 0 Å². The van der Waals surface area contributed by atoms with Crippen LogP contribution < -0.4 is 15.5 Å². The Morgan fingerprint density at radius 1 is 1.00 bits per heavy atom. The molecule has 3 heterocycles. The Balaban J connectivity index is 1.40. The molecule has 146 valence electrons. The second-order valence-electron chi connectivity index (χ2n) is 7.09. The van der Waals surface area contributed by atoms with Gasteiger partial charge in [0.1, 0.15) is 11.9 Å². The van der Waals surface area contributed by atoms with Gasteiger partial charge in [-0.1, -0.05) is 0 Å². The number of ether oxygens (including phenoxy) is 1. The summed E-state index contributed by atoms with van der Waals surface area (Å²) in [6.45, 7) is 2.49. The fraction of sp³-hybridized carbons (Fsp3) is 0.381. The smallest absolute Gasteiger partial charge is 0.259 e. The van der Waals surface area contributed by atoms with Crippen LogP contribution in [0.15, 0.2) is 42.6 Å². The fourth-order valence-electron chi connectivity index (χ4n) is 3.60. The summed E-state index contributed by atoms with van der Waals surface area (Å²) in [7, 11) is 0. The monoisotopic (exact) mass is 380 g/mol. The number of hydrogen-bond acceptors (Lipinski definition) is 5. The Morgan fingerprint density at radius 3 is 2.39 bits per heavy atom. The van der Waals surface area contributed by atoms with Crippen molar-refractivity contribution in [1.82, 2.24) is 4.98 Å². The normalized spacial score (nSPS) is 18.9. The van der Waals surface area contributed by atoms with Crippen molar-refractivity contribution < 1.29 is 14.3 Å². The van der Waals surface area contributed by atoms with Gasteiger partial charge >= 0.3 is 0 Å². The van der Waals surface area contributed by atoms with Crippen molar-refractivity contribution in [3.63, 3.8) is 0 Å². The van der Waals surface area contributed by atoms with E-state index in [4.69, 9.17) is 4.74 Å². The molecular weight excluding hydrogens is 356 g/mol. The number of benzene rings is 1. The SMILES string of the molecule is O=C(Nc1ccc(NC(=O)C2CCCO2)cc1)c1cccnc1N1CCCC1. The Morgan fingerprint density at radius 2 is 1.71 bits per heavy atom. The largest absolute Gasteiger partial charge is 0.368 e. The highest BCUT2D eigenvalue weighted by molar-refractivity contribution is 6.07. The molecule has 28 heavy (non-hydrogen) atoms. The third kappa shape index (κ3) is 4.14. The molecule has 2 fully saturated rings. The van der Waals surface area contributed by atoms with Crippen LogP contribution in [0, 0.1) is 0 Å². The molecule has 2 amide bonds. The third-order valence-corrected chi connectivity index (χ3v) is 5.07. The summed E-state index contributed by atoms with van der Waals surface area (Å²) in [4.78, 5) is 31.4. The molecule has 1 unspecified atom stereocenters. The van der Waals surface area contributed by atoms with Gasteiger partial charge in [-0.05, 0) is 62.1 Å². The molecule has 2 N–H and O–H groups in total. The van der Waals surface area contributed by atoms with Crippen LogP contribution in [0.5, 0.6) is 0 Å². The molecule has 2 saturated heterocycles. The summed E-state index contributed by atoms with van der Waals surface area (Å²) in [6, 6.07) is 10.7. The number of hydrogen-bond donors (Lipinski definition) is 2. The average Bonchev–Trinajstić information content (AvgIpc) is 3.43. The molecule has 0 radical (unpaired) electrons.